The summed E-state index contributed by atoms with van der Waals surface area (Å²) in [6.45, 7) is 10.5. The van der Waals surface area contributed by atoms with Crippen molar-refractivity contribution in [1.82, 2.24) is 0 Å². The average Bonchev–Trinajstić information content (AvgIpc) is 2.73. The molecule has 0 fully saturated rings. The first kappa shape index (κ1) is 17.9. The van der Waals surface area contributed by atoms with Gasteiger partial charge in [0.1, 0.15) is 5.00 Å². The van der Waals surface area contributed by atoms with Gasteiger partial charge < -0.3 is 14.8 Å². The first-order valence-electron chi connectivity index (χ1n) is 7.99. The zero-order chi connectivity index (χ0) is 17.2. The summed E-state index contributed by atoms with van der Waals surface area (Å²) in [6, 6.07) is 0. The highest BCUT2D eigenvalue weighted by Crippen LogP contribution is 2.40. The predicted molar refractivity (Wildman–Crippen MR) is 90.9 cm³/mol. The predicted octanol–water partition coefficient (Wildman–Crippen LogP) is 3.76. The number of nitrogens with one attached hydrogen (secondary N) is 1. The third-order valence-electron chi connectivity index (χ3n) is 3.61. The SMILES string of the molecule is CCOC(=O)c1c(NC(=O)CC(C)C)sc2c1CC(C)(C)OC2. The molecule has 1 aliphatic heterocycles. The summed E-state index contributed by atoms with van der Waals surface area (Å²) >= 11 is 1.41. The molecule has 6 heteroatoms. The van der Waals surface area contributed by atoms with Crippen molar-refractivity contribution in [2.75, 3.05) is 11.9 Å². The van der Waals surface area contributed by atoms with Crippen LogP contribution in [-0.4, -0.2) is 24.1 Å². The zero-order valence-electron chi connectivity index (χ0n) is 14.4. The van der Waals surface area contributed by atoms with E-state index in [1.165, 1.54) is 11.3 Å². The van der Waals surface area contributed by atoms with Gasteiger partial charge in [-0.1, -0.05) is 13.8 Å². The Hall–Kier alpha value is -1.40. The number of thiophene rings is 1. The lowest BCUT2D eigenvalue weighted by atomic mass is 9.93. The molecule has 128 valence electrons. The fourth-order valence-corrected chi connectivity index (χ4v) is 3.74. The first-order valence-corrected chi connectivity index (χ1v) is 8.80. The quantitative estimate of drug-likeness (QED) is 0.830. The Morgan fingerprint density at radius 1 is 1.39 bits per heavy atom. The molecule has 0 spiro atoms. The molecule has 1 aromatic rings. The lowest BCUT2D eigenvalue weighted by Crippen LogP contribution is -2.32. The molecule has 1 aromatic heterocycles. The summed E-state index contributed by atoms with van der Waals surface area (Å²) in [5.41, 5.74) is 1.12. The molecule has 0 bridgehead atoms. The molecular formula is C17H25NO4S. The number of rotatable bonds is 5. The molecular weight excluding hydrogens is 314 g/mol. The molecule has 0 aromatic carbocycles. The minimum absolute atomic E-state index is 0.0793. The van der Waals surface area contributed by atoms with Gasteiger partial charge in [0, 0.05) is 17.7 Å². The minimum Gasteiger partial charge on any atom is -0.462 e. The van der Waals surface area contributed by atoms with Crippen LogP contribution in [-0.2, 0) is 27.3 Å². The van der Waals surface area contributed by atoms with Gasteiger partial charge in [-0.2, -0.15) is 0 Å². The summed E-state index contributed by atoms with van der Waals surface area (Å²) < 4.78 is 11.0. The molecule has 1 aliphatic rings. The van der Waals surface area contributed by atoms with Gasteiger partial charge in [0.05, 0.1) is 24.4 Å². The van der Waals surface area contributed by atoms with E-state index in [1.54, 1.807) is 6.92 Å². The van der Waals surface area contributed by atoms with Gasteiger partial charge in [-0.05, 0) is 32.3 Å². The second-order valence-corrected chi connectivity index (χ2v) is 7.90. The molecule has 0 unspecified atom stereocenters. The third kappa shape index (κ3) is 4.32. The molecule has 2 rings (SSSR count). The van der Waals surface area contributed by atoms with Crippen molar-refractivity contribution >= 4 is 28.2 Å². The molecule has 0 atom stereocenters. The highest BCUT2D eigenvalue weighted by atomic mass is 32.1. The third-order valence-corrected chi connectivity index (χ3v) is 4.73. The van der Waals surface area contributed by atoms with Crippen molar-refractivity contribution in [3.63, 3.8) is 0 Å². The summed E-state index contributed by atoms with van der Waals surface area (Å²) in [5.74, 6) is -0.190. The standard InChI is InChI=1S/C17H25NO4S/c1-6-21-16(20)14-11-8-17(4,5)22-9-12(11)23-15(14)18-13(19)7-10(2)3/h10H,6-9H2,1-5H3,(H,18,19). The number of hydrogen-bond donors (Lipinski definition) is 1. The monoisotopic (exact) mass is 339 g/mol. The maximum absolute atomic E-state index is 12.4. The second kappa shape index (κ2) is 7.01. The highest BCUT2D eigenvalue weighted by Gasteiger charge is 2.34. The van der Waals surface area contributed by atoms with Crippen LogP contribution in [0.1, 0.15) is 61.8 Å². The summed E-state index contributed by atoms with van der Waals surface area (Å²) in [4.78, 5) is 25.5. The maximum Gasteiger partial charge on any atom is 0.341 e. The Kier molecular flexibility index (Phi) is 5.47. The Labute approximate surface area is 141 Å². The summed E-state index contributed by atoms with van der Waals surface area (Å²) in [6.07, 6.45) is 1.06. The lowest BCUT2D eigenvalue weighted by Gasteiger charge is -2.30. The Morgan fingerprint density at radius 2 is 2.09 bits per heavy atom. The van der Waals surface area contributed by atoms with Crippen LogP contribution in [0, 0.1) is 5.92 Å². The number of carbonyl (C=O) groups is 2. The van der Waals surface area contributed by atoms with E-state index in [0.29, 0.717) is 36.6 Å². The minimum atomic E-state index is -0.373. The molecule has 0 radical (unpaired) electrons. The number of esters is 1. The van der Waals surface area contributed by atoms with Crippen molar-refractivity contribution in [2.45, 2.75) is 59.7 Å². The van der Waals surface area contributed by atoms with E-state index >= 15 is 0 Å². The topological polar surface area (TPSA) is 64.6 Å². The van der Waals surface area contributed by atoms with Gasteiger partial charge >= 0.3 is 5.97 Å². The van der Waals surface area contributed by atoms with Crippen LogP contribution in [0.4, 0.5) is 5.00 Å². The van der Waals surface area contributed by atoms with E-state index in [4.69, 9.17) is 9.47 Å². The van der Waals surface area contributed by atoms with Crippen LogP contribution in [0.5, 0.6) is 0 Å². The number of hydrogen-bond acceptors (Lipinski definition) is 5. The summed E-state index contributed by atoms with van der Waals surface area (Å²) in [5, 5.41) is 3.47. The van der Waals surface area contributed by atoms with Gasteiger partial charge in [0.25, 0.3) is 0 Å². The molecule has 1 amide bonds. The van der Waals surface area contributed by atoms with Crippen molar-refractivity contribution in [1.29, 1.82) is 0 Å². The van der Waals surface area contributed by atoms with Crippen molar-refractivity contribution < 1.29 is 19.1 Å². The van der Waals surface area contributed by atoms with E-state index in [9.17, 15) is 9.59 Å². The average molecular weight is 339 g/mol. The number of ether oxygens (including phenoxy) is 2. The molecule has 2 heterocycles. The lowest BCUT2D eigenvalue weighted by molar-refractivity contribution is -0.116. The van der Waals surface area contributed by atoms with E-state index < -0.39 is 0 Å². The van der Waals surface area contributed by atoms with Gasteiger partial charge in [-0.15, -0.1) is 11.3 Å². The number of anilines is 1. The molecule has 5 nitrogen and oxygen atoms in total. The van der Waals surface area contributed by atoms with Gasteiger partial charge in [-0.25, -0.2) is 4.79 Å². The Morgan fingerprint density at radius 3 is 2.70 bits per heavy atom. The number of amides is 1. The highest BCUT2D eigenvalue weighted by molar-refractivity contribution is 7.17. The van der Waals surface area contributed by atoms with Crippen LogP contribution < -0.4 is 5.32 Å². The zero-order valence-corrected chi connectivity index (χ0v) is 15.3. The fourth-order valence-electron chi connectivity index (χ4n) is 2.61. The summed E-state index contributed by atoms with van der Waals surface area (Å²) in [7, 11) is 0. The van der Waals surface area contributed by atoms with E-state index in [-0.39, 0.29) is 23.4 Å². The molecule has 0 saturated carbocycles. The maximum atomic E-state index is 12.4. The van der Waals surface area contributed by atoms with Crippen molar-refractivity contribution in [3.05, 3.63) is 16.0 Å². The smallest absolute Gasteiger partial charge is 0.341 e. The number of fused-ring (bicyclic) bond motifs is 1. The largest absolute Gasteiger partial charge is 0.462 e. The van der Waals surface area contributed by atoms with Gasteiger partial charge in [0.2, 0.25) is 5.91 Å². The Bertz CT molecular complexity index is 604. The van der Waals surface area contributed by atoms with Crippen molar-refractivity contribution in [3.8, 4) is 0 Å². The fraction of sp³-hybridized carbons (Fsp3) is 0.647. The molecule has 0 saturated heterocycles. The van der Waals surface area contributed by atoms with E-state index in [2.05, 4.69) is 5.32 Å². The molecule has 1 N–H and O–H groups in total. The Balaban J connectivity index is 2.36. The molecule has 0 aliphatic carbocycles. The number of carbonyl (C=O) groups excluding carboxylic acids is 2. The van der Waals surface area contributed by atoms with Crippen molar-refractivity contribution in [2.24, 2.45) is 5.92 Å². The van der Waals surface area contributed by atoms with Crippen LogP contribution in [0.2, 0.25) is 0 Å². The van der Waals surface area contributed by atoms with Gasteiger partial charge in [-0.3, -0.25) is 4.79 Å². The molecule has 23 heavy (non-hydrogen) atoms. The first-order chi connectivity index (χ1) is 10.7. The normalized spacial score (nSPS) is 16.1. The van der Waals surface area contributed by atoms with Crippen LogP contribution in [0.15, 0.2) is 0 Å². The van der Waals surface area contributed by atoms with Crippen LogP contribution in [0.25, 0.3) is 0 Å². The van der Waals surface area contributed by atoms with E-state index in [0.717, 1.165) is 10.4 Å². The van der Waals surface area contributed by atoms with E-state index in [1.807, 2.05) is 27.7 Å². The van der Waals surface area contributed by atoms with Crippen LogP contribution in [0.3, 0.4) is 0 Å². The van der Waals surface area contributed by atoms with Crippen LogP contribution >= 0.6 is 11.3 Å². The second-order valence-electron chi connectivity index (χ2n) is 6.80. The van der Waals surface area contributed by atoms with Gasteiger partial charge in [0.15, 0.2) is 0 Å².